The number of thioether (sulfide) groups is 1. The van der Waals surface area contributed by atoms with Gasteiger partial charge >= 0.3 is 0 Å². The van der Waals surface area contributed by atoms with E-state index < -0.39 is 0 Å². The van der Waals surface area contributed by atoms with Gasteiger partial charge in [0.1, 0.15) is 0 Å². The first-order valence-corrected chi connectivity index (χ1v) is 9.28. The third-order valence-corrected chi connectivity index (χ3v) is 6.45. The Morgan fingerprint density at radius 1 is 1.21 bits per heavy atom. The molecule has 2 heterocycles. The fourth-order valence-electron chi connectivity index (χ4n) is 2.42. The molecule has 0 unspecified atom stereocenters. The molecule has 0 N–H and O–H groups in total. The average Bonchev–Trinajstić information content (AvgIpc) is 2.74. The van der Waals surface area contributed by atoms with Crippen molar-refractivity contribution in [3.63, 3.8) is 0 Å². The predicted octanol–water partition coefficient (Wildman–Crippen LogP) is 4.72. The zero-order valence-corrected chi connectivity index (χ0v) is 14.6. The molecule has 108 valence electrons. The van der Waals surface area contributed by atoms with Crippen molar-refractivity contribution in [2.24, 2.45) is 0 Å². The van der Waals surface area contributed by atoms with Crippen LogP contribution in [0.4, 0.5) is 0 Å². The van der Waals surface area contributed by atoms with Crippen LogP contribution in [0.15, 0.2) is 6.07 Å². The minimum absolute atomic E-state index is 0.282. The monoisotopic (exact) mass is 297 g/mol. The maximum Gasteiger partial charge on any atom is 0.0245 e. The van der Waals surface area contributed by atoms with Gasteiger partial charge in [0.05, 0.1) is 0 Å². The molecule has 1 aliphatic rings. The summed E-state index contributed by atoms with van der Waals surface area (Å²) in [5.41, 5.74) is 1.86. The quantitative estimate of drug-likeness (QED) is 0.794. The second-order valence-electron chi connectivity index (χ2n) is 6.79. The van der Waals surface area contributed by atoms with E-state index in [4.69, 9.17) is 0 Å². The lowest BCUT2D eigenvalue weighted by molar-refractivity contribution is 0.294. The standard InChI is InChI=1S/C16H27NS2/c1-12(2)15-13(10-14(19-15)16(3,4)5)11-17-6-8-18-9-7-17/h10,12H,6-9,11H2,1-5H3. The molecule has 19 heavy (non-hydrogen) atoms. The summed E-state index contributed by atoms with van der Waals surface area (Å²) in [6.45, 7) is 15.3. The van der Waals surface area contributed by atoms with Gasteiger partial charge in [0.15, 0.2) is 0 Å². The highest BCUT2D eigenvalue weighted by Crippen LogP contribution is 2.37. The van der Waals surface area contributed by atoms with Gasteiger partial charge in [-0.2, -0.15) is 11.8 Å². The van der Waals surface area contributed by atoms with Crippen molar-refractivity contribution >= 4 is 23.1 Å². The summed E-state index contributed by atoms with van der Waals surface area (Å²) in [7, 11) is 0. The fraction of sp³-hybridized carbons (Fsp3) is 0.750. The number of hydrogen-bond donors (Lipinski definition) is 0. The Balaban J connectivity index is 2.19. The highest BCUT2D eigenvalue weighted by Gasteiger charge is 2.22. The molecule has 0 aliphatic carbocycles. The summed E-state index contributed by atoms with van der Waals surface area (Å²) in [6.07, 6.45) is 0. The number of rotatable bonds is 3. The van der Waals surface area contributed by atoms with Crippen LogP contribution in [0.2, 0.25) is 0 Å². The third-order valence-electron chi connectivity index (χ3n) is 3.60. The molecule has 0 aromatic carbocycles. The van der Waals surface area contributed by atoms with Gasteiger partial charge in [0.2, 0.25) is 0 Å². The number of thiophene rings is 1. The van der Waals surface area contributed by atoms with Crippen molar-refractivity contribution < 1.29 is 0 Å². The van der Waals surface area contributed by atoms with Crippen molar-refractivity contribution in [2.45, 2.75) is 52.5 Å². The average molecular weight is 298 g/mol. The highest BCUT2D eigenvalue weighted by atomic mass is 32.2. The molecule has 0 radical (unpaired) electrons. The molecule has 1 nitrogen and oxygen atoms in total. The van der Waals surface area contributed by atoms with Crippen molar-refractivity contribution in [1.82, 2.24) is 4.90 Å². The highest BCUT2D eigenvalue weighted by molar-refractivity contribution is 7.99. The van der Waals surface area contributed by atoms with Crippen LogP contribution >= 0.6 is 23.1 Å². The second-order valence-corrected chi connectivity index (χ2v) is 9.10. The topological polar surface area (TPSA) is 3.24 Å². The summed E-state index contributed by atoms with van der Waals surface area (Å²) >= 11 is 4.12. The van der Waals surface area contributed by atoms with E-state index in [1.165, 1.54) is 29.5 Å². The lowest BCUT2D eigenvalue weighted by Crippen LogP contribution is -2.32. The molecule has 1 aromatic rings. The van der Waals surface area contributed by atoms with Crippen LogP contribution in [0.5, 0.6) is 0 Å². The lowest BCUT2D eigenvalue weighted by atomic mass is 9.93. The molecule has 2 rings (SSSR count). The van der Waals surface area contributed by atoms with E-state index in [9.17, 15) is 0 Å². The Kier molecular flexibility index (Phi) is 5.02. The van der Waals surface area contributed by atoms with Crippen LogP contribution in [0.25, 0.3) is 0 Å². The van der Waals surface area contributed by atoms with Crippen molar-refractivity contribution in [2.75, 3.05) is 24.6 Å². The van der Waals surface area contributed by atoms with Gasteiger partial charge in [-0.15, -0.1) is 11.3 Å². The molecule has 0 spiro atoms. The fourth-order valence-corrected chi connectivity index (χ4v) is 4.64. The van der Waals surface area contributed by atoms with Crippen LogP contribution in [-0.4, -0.2) is 29.5 Å². The second kappa shape index (κ2) is 6.19. The minimum atomic E-state index is 0.282. The van der Waals surface area contributed by atoms with Crippen LogP contribution in [0.3, 0.4) is 0 Å². The SMILES string of the molecule is CC(C)c1sc(C(C)(C)C)cc1CN1CCSCC1. The molecule has 0 bridgehead atoms. The summed E-state index contributed by atoms with van der Waals surface area (Å²) in [5, 5.41) is 0. The van der Waals surface area contributed by atoms with E-state index in [-0.39, 0.29) is 5.41 Å². The normalized spacial score (nSPS) is 18.2. The van der Waals surface area contributed by atoms with Gasteiger partial charge in [-0.3, -0.25) is 4.90 Å². The molecule has 0 amide bonds. The van der Waals surface area contributed by atoms with Crippen LogP contribution < -0.4 is 0 Å². The molecule has 1 fully saturated rings. The first-order chi connectivity index (χ1) is 8.88. The molecular weight excluding hydrogens is 270 g/mol. The Labute approximate surface area is 126 Å². The molecule has 0 atom stereocenters. The summed E-state index contributed by atoms with van der Waals surface area (Å²) in [6, 6.07) is 2.47. The van der Waals surface area contributed by atoms with Crippen molar-refractivity contribution in [1.29, 1.82) is 0 Å². The Hall–Kier alpha value is 0.01000. The minimum Gasteiger partial charge on any atom is -0.297 e. The molecule has 3 heteroatoms. The maximum atomic E-state index is 2.62. The summed E-state index contributed by atoms with van der Waals surface area (Å²) < 4.78 is 0. The first kappa shape index (κ1) is 15.4. The van der Waals surface area contributed by atoms with Crippen molar-refractivity contribution in [3.8, 4) is 0 Å². The van der Waals surface area contributed by atoms with E-state index in [1.807, 2.05) is 11.3 Å². The predicted molar refractivity (Wildman–Crippen MR) is 89.7 cm³/mol. The lowest BCUT2D eigenvalue weighted by Gasteiger charge is -2.26. The molecular formula is C16H27NS2. The van der Waals surface area contributed by atoms with Crippen LogP contribution in [0, 0.1) is 0 Å². The van der Waals surface area contributed by atoms with Crippen LogP contribution in [-0.2, 0) is 12.0 Å². The van der Waals surface area contributed by atoms with Gasteiger partial charge in [-0.25, -0.2) is 0 Å². The zero-order chi connectivity index (χ0) is 14.0. The Morgan fingerprint density at radius 2 is 1.84 bits per heavy atom. The largest absolute Gasteiger partial charge is 0.297 e. The zero-order valence-electron chi connectivity index (χ0n) is 13.0. The van der Waals surface area contributed by atoms with E-state index in [0.29, 0.717) is 5.92 Å². The van der Waals surface area contributed by atoms with Gasteiger partial charge in [0.25, 0.3) is 0 Å². The van der Waals surface area contributed by atoms with Crippen molar-refractivity contribution in [3.05, 3.63) is 21.4 Å². The van der Waals surface area contributed by atoms with E-state index >= 15 is 0 Å². The van der Waals surface area contributed by atoms with Crippen LogP contribution in [0.1, 0.15) is 55.9 Å². The van der Waals surface area contributed by atoms with Gasteiger partial charge in [-0.05, 0) is 23.0 Å². The van der Waals surface area contributed by atoms with Gasteiger partial charge in [-0.1, -0.05) is 34.6 Å². The summed E-state index contributed by atoms with van der Waals surface area (Å²) in [4.78, 5) is 5.76. The van der Waals surface area contributed by atoms with Gasteiger partial charge < -0.3 is 0 Å². The van der Waals surface area contributed by atoms with Gasteiger partial charge in [0, 0.05) is 40.9 Å². The van der Waals surface area contributed by atoms with E-state index in [2.05, 4.69) is 57.3 Å². The number of hydrogen-bond acceptors (Lipinski definition) is 3. The Morgan fingerprint density at radius 3 is 2.37 bits per heavy atom. The maximum absolute atomic E-state index is 2.62. The molecule has 1 saturated heterocycles. The number of nitrogens with zero attached hydrogens (tertiary/aromatic N) is 1. The Bertz CT molecular complexity index is 409. The first-order valence-electron chi connectivity index (χ1n) is 7.31. The molecule has 1 aromatic heterocycles. The summed E-state index contributed by atoms with van der Waals surface area (Å²) in [5.74, 6) is 3.25. The third kappa shape index (κ3) is 3.99. The smallest absolute Gasteiger partial charge is 0.0245 e. The molecule has 1 aliphatic heterocycles. The van der Waals surface area contributed by atoms with E-state index in [0.717, 1.165) is 6.54 Å². The van der Waals surface area contributed by atoms with E-state index in [1.54, 1.807) is 10.4 Å². The molecule has 0 saturated carbocycles.